The van der Waals surface area contributed by atoms with Crippen LogP contribution in [0.4, 0.5) is 0 Å². The van der Waals surface area contributed by atoms with Crippen LogP contribution in [0.2, 0.25) is 0 Å². The summed E-state index contributed by atoms with van der Waals surface area (Å²) in [5.41, 5.74) is 0.914. The zero-order chi connectivity index (χ0) is 17.8. The van der Waals surface area contributed by atoms with Crippen molar-refractivity contribution in [1.29, 1.82) is 0 Å². The molecule has 1 amide bonds. The number of carboxylic acid groups (broad SMARTS) is 1. The molecule has 0 radical (unpaired) electrons. The molecule has 0 bridgehead atoms. The zero-order valence-electron chi connectivity index (χ0n) is 13.4. The van der Waals surface area contributed by atoms with E-state index in [0.29, 0.717) is 0 Å². The lowest BCUT2D eigenvalue weighted by Gasteiger charge is -2.12. The minimum atomic E-state index is -1.19. The first kappa shape index (κ1) is 19.4. The molecule has 0 fully saturated rings. The van der Waals surface area contributed by atoms with Gasteiger partial charge in [-0.1, -0.05) is 36.4 Å². The molecular formula is C17H21NO6. The topological polar surface area (TPSA) is 102 Å². The number of nitrogens with one attached hydrogen (secondary N) is 1. The van der Waals surface area contributed by atoms with Gasteiger partial charge in [-0.3, -0.25) is 4.79 Å². The number of esters is 1. The van der Waals surface area contributed by atoms with Gasteiger partial charge in [-0.2, -0.15) is 0 Å². The predicted octanol–water partition coefficient (Wildman–Crippen LogP) is 1.28. The third kappa shape index (κ3) is 8.09. The standard InChI is InChI=1S/C17H21NO6/c1-2-24-16(20)10-6-9-14(17(21)22)18-15(19)12-23-11-13-7-4-3-5-8-13/h3-8,10,14H,2,9,11-12H2,1H3,(H,18,19)(H,21,22)/b10-6+/t14-/m1/s1. The Morgan fingerprint density at radius 3 is 2.58 bits per heavy atom. The van der Waals surface area contributed by atoms with Crippen molar-refractivity contribution in [1.82, 2.24) is 5.32 Å². The second kappa shape index (κ2) is 11.0. The molecule has 130 valence electrons. The van der Waals surface area contributed by atoms with Crippen LogP contribution in [0.5, 0.6) is 0 Å². The fourth-order valence-electron chi connectivity index (χ4n) is 1.78. The zero-order valence-corrected chi connectivity index (χ0v) is 13.4. The summed E-state index contributed by atoms with van der Waals surface area (Å²) in [7, 11) is 0. The molecule has 0 aliphatic heterocycles. The van der Waals surface area contributed by atoms with Gasteiger partial charge >= 0.3 is 11.9 Å². The summed E-state index contributed by atoms with van der Waals surface area (Å²) in [5.74, 6) is -2.29. The van der Waals surface area contributed by atoms with E-state index in [1.165, 1.54) is 6.08 Å². The van der Waals surface area contributed by atoms with Crippen molar-refractivity contribution >= 4 is 17.8 Å². The van der Waals surface area contributed by atoms with Crippen LogP contribution in [-0.4, -0.2) is 42.2 Å². The second-order valence-corrected chi connectivity index (χ2v) is 4.83. The monoisotopic (exact) mass is 335 g/mol. The van der Waals surface area contributed by atoms with Crippen LogP contribution in [0.15, 0.2) is 42.5 Å². The van der Waals surface area contributed by atoms with Crippen molar-refractivity contribution in [3.63, 3.8) is 0 Å². The van der Waals surface area contributed by atoms with Crippen LogP contribution in [0, 0.1) is 0 Å². The third-order valence-corrected chi connectivity index (χ3v) is 2.89. The fraction of sp³-hybridized carbons (Fsp3) is 0.353. The van der Waals surface area contributed by atoms with Gasteiger partial charge in [0.05, 0.1) is 13.2 Å². The molecule has 7 nitrogen and oxygen atoms in total. The summed E-state index contributed by atoms with van der Waals surface area (Å²) in [6, 6.07) is 8.17. The molecule has 0 spiro atoms. The summed E-state index contributed by atoms with van der Waals surface area (Å²) in [4.78, 5) is 34.0. The van der Waals surface area contributed by atoms with Gasteiger partial charge in [-0.15, -0.1) is 0 Å². The number of rotatable bonds is 10. The van der Waals surface area contributed by atoms with Gasteiger partial charge in [-0.25, -0.2) is 9.59 Å². The Hall–Kier alpha value is -2.67. The number of hydrogen-bond acceptors (Lipinski definition) is 5. The number of aliphatic carboxylic acids is 1. The molecule has 1 rings (SSSR count). The Bertz CT molecular complexity index is 570. The van der Waals surface area contributed by atoms with Gasteiger partial charge < -0.3 is 19.9 Å². The summed E-state index contributed by atoms with van der Waals surface area (Å²) in [6.45, 7) is 1.91. The summed E-state index contributed by atoms with van der Waals surface area (Å²) >= 11 is 0. The van der Waals surface area contributed by atoms with E-state index in [0.717, 1.165) is 11.6 Å². The maximum absolute atomic E-state index is 11.7. The van der Waals surface area contributed by atoms with Crippen LogP contribution in [-0.2, 0) is 30.5 Å². The van der Waals surface area contributed by atoms with Crippen molar-refractivity contribution in [2.45, 2.75) is 26.0 Å². The predicted molar refractivity (Wildman–Crippen MR) is 86.1 cm³/mol. The van der Waals surface area contributed by atoms with Crippen molar-refractivity contribution in [2.24, 2.45) is 0 Å². The highest BCUT2D eigenvalue weighted by Crippen LogP contribution is 2.00. The van der Waals surface area contributed by atoms with Gasteiger partial charge in [0.25, 0.3) is 0 Å². The quantitative estimate of drug-likeness (QED) is 0.493. The SMILES string of the molecule is CCOC(=O)/C=C/C[C@@H](NC(=O)COCc1ccccc1)C(=O)O. The molecule has 0 unspecified atom stereocenters. The van der Waals surface area contributed by atoms with Gasteiger partial charge in [0.1, 0.15) is 12.6 Å². The van der Waals surface area contributed by atoms with E-state index in [1.54, 1.807) is 6.92 Å². The third-order valence-electron chi connectivity index (χ3n) is 2.89. The molecule has 0 aliphatic rings. The van der Waals surface area contributed by atoms with E-state index < -0.39 is 23.9 Å². The Labute approximate surface area is 140 Å². The Morgan fingerprint density at radius 2 is 1.96 bits per heavy atom. The minimum absolute atomic E-state index is 0.0292. The molecule has 0 saturated carbocycles. The highest BCUT2D eigenvalue weighted by molar-refractivity contribution is 5.85. The largest absolute Gasteiger partial charge is 0.480 e. The Balaban J connectivity index is 2.37. The fourth-order valence-corrected chi connectivity index (χ4v) is 1.78. The Kier molecular flexibility index (Phi) is 8.85. The van der Waals surface area contributed by atoms with Gasteiger partial charge in [-0.05, 0) is 18.9 Å². The first-order chi connectivity index (χ1) is 11.5. The number of carboxylic acids is 1. The van der Waals surface area contributed by atoms with Crippen molar-refractivity contribution in [3.8, 4) is 0 Å². The minimum Gasteiger partial charge on any atom is -0.480 e. The van der Waals surface area contributed by atoms with E-state index >= 15 is 0 Å². The lowest BCUT2D eigenvalue weighted by molar-refractivity contribution is -0.142. The highest BCUT2D eigenvalue weighted by atomic mass is 16.5. The molecule has 0 aliphatic carbocycles. The number of amides is 1. The van der Waals surface area contributed by atoms with Crippen LogP contribution < -0.4 is 5.32 Å². The van der Waals surface area contributed by atoms with Gasteiger partial charge in [0.15, 0.2) is 0 Å². The Morgan fingerprint density at radius 1 is 1.25 bits per heavy atom. The lowest BCUT2D eigenvalue weighted by atomic mass is 10.2. The van der Waals surface area contributed by atoms with E-state index in [1.807, 2.05) is 30.3 Å². The smallest absolute Gasteiger partial charge is 0.330 e. The summed E-state index contributed by atoms with van der Waals surface area (Å²) in [5, 5.41) is 11.4. The van der Waals surface area contributed by atoms with Crippen molar-refractivity contribution < 1.29 is 29.0 Å². The van der Waals surface area contributed by atoms with Crippen LogP contribution in [0.25, 0.3) is 0 Å². The number of carbonyl (C=O) groups is 3. The molecule has 1 atom stereocenters. The van der Waals surface area contributed by atoms with Gasteiger partial charge in [0, 0.05) is 6.08 Å². The molecular weight excluding hydrogens is 314 g/mol. The molecule has 1 aromatic rings. The highest BCUT2D eigenvalue weighted by Gasteiger charge is 2.18. The number of ether oxygens (including phenoxy) is 2. The van der Waals surface area contributed by atoms with E-state index in [4.69, 9.17) is 9.84 Å². The van der Waals surface area contributed by atoms with Gasteiger partial charge in [0.2, 0.25) is 5.91 Å². The molecule has 1 aromatic carbocycles. The summed E-state index contributed by atoms with van der Waals surface area (Å²) in [6.07, 6.45) is 2.46. The molecule has 0 heterocycles. The molecule has 7 heteroatoms. The second-order valence-electron chi connectivity index (χ2n) is 4.83. The average molecular weight is 335 g/mol. The maximum atomic E-state index is 11.7. The van der Waals surface area contributed by atoms with E-state index in [2.05, 4.69) is 10.1 Å². The first-order valence-electron chi connectivity index (χ1n) is 7.50. The maximum Gasteiger partial charge on any atom is 0.330 e. The van der Waals surface area contributed by atoms with Crippen LogP contribution in [0.1, 0.15) is 18.9 Å². The normalized spacial score (nSPS) is 11.9. The first-order valence-corrected chi connectivity index (χ1v) is 7.50. The van der Waals surface area contributed by atoms with Crippen molar-refractivity contribution in [3.05, 3.63) is 48.0 Å². The molecule has 0 aromatic heterocycles. The molecule has 24 heavy (non-hydrogen) atoms. The van der Waals surface area contributed by atoms with E-state index in [9.17, 15) is 14.4 Å². The van der Waals surface area contributed by atoms with Crippen LogP contribution >= 0.6 is 0 Å². The van der Waals surface area contributed by atoms with Crippen molar-refractivity contribution in [2.75, 3.05) is 13.2 Å². The number of hydrogen-bond donors (Lipinski definition) is 2. The summed E-state index contributed by atoms with van der Waals surface area (Å²) < 4.78 is 9.92. The molecule has 2 N–H and O–H groups in total. The molecule has 0 saturated heterocycles. The lowest BCUT2D eigenvalue weighted by Crippen LogP contribution is -2.42. The number of carbonyl (C=O) groups excluding carboxylic acids is 2. The average Bonchev–Trinajstić information content (AvgIpc) is 2.55. The van der Waals surface area contributed by atoms with E-state index in [-0.39, 0.29) is 26.2 Å². The number of benzene rings is 1. The van der Waals surface area contributed by atoms with Crippen LogP contribution in [0.3, 0.4) is 0 Å².